The van der Waals surface area contributed by atoms with E-state index in [0.29, 0.717) is 5.69 Å². The van der Waals surface area contributed by atoms with Crippen molar-refractivity contribution in [3.05, 3.63) is 30.5 Å². The number of anilines is 2. The molecule has 1 aromatic carbocycles. The number of nitrogens with one attached hydrogen (secondary N) is 1. The minimum Gasteiger partial charge on any atom is -0.396 e. The minimum atomic E-state index is 0.0382. The standard InChI is InChI=1S/C15H19N3O/c1-15(6-8-19-9-7-15)18-14-11-4-2-3-5-13(11)17-10-12(14)16/h2-5,10H,6-9,16H2,1H3,(H,17,18). The highest BCUT2D eigenvalue weighted by atomic mass is 16.5. The SMILES string of the molecule is CC1(Nc2c(N)cnc3ccccc23)CCOCC1. The molecule has 1 fully saturated rings. The number of ether oxygens (including phenoxy) is 1. The van der Waals surface area contributed by atoms with Crippen LogP contribution < -0.4 is 11.1 Å². The van der Waals surface area contributed by atoms with Gasteiger partial charge in [-0.15, -0.1) is 0 Å². The number of hydrogen-bond donors (Lipinski definition) is 2. The van der Waals surface area contributed by atoms with E-state index in [-0.39, 0.29) is 5.54 Å². The van der Waals surface area contributed by atoms with E-state index in [4.69, 9.17) is 10.5 Å². The van der Waals surface area contributed by atoms with Gasteiger partial charge in [0.1, 0.15) is 0 Å². The van der Waals surface area contributed by atoms with Crippen LogP contribution in [0.25, 0.3) is 10.9 Å². The highest BCUT2D eigenvalue weighted by Crippen LogP contribution is 2.33. The number of nitrogen functional groups attached to an aromatic ring is 1. The van der Waals surface area contributed by atoms with Gasteiger partial charge in [0.2, 0.25) is 0 Å². The molecule has 0 radical (unpaired) electrons. The van der Waals surface area contributed by atoms with Crippen LogP contribution in [0.1, 0.15) is 19.8 Å². The van der Waals surface area contributed by atoms with Crippen molar-refractivity contribution >= 4 is 22.3 Å². The molecule has 1 aliphatic heterocycles. The molecule has 2 aromatic rings. The highest BCUT2D eigenvalue weighted by molar-refractivity contribution is 5.97. The van der Waals surface area contributed by atoms with Crippen LogP contribution >= 0.6 is 0 Å². The first-order valence-electron chi connectivity index (χ1n) is 6.67. The molecule has 0 unspecified atom stereocenters. The fourth-order valence-corrected chi connectivity index (χ4v) is 2.54. The average molecular weight is 257 g/mol. The van der Waals surface area contributed by atoms with Gasteiger partial charge in [0, 0.05) is 24.1 Å². The van der Waals surface area contributed by atoms with Crippen molar-refractivity contribution in [1.82, 2.24) is 4.98 Å². The van der Waals surface area contributed by atoms with Crippen molar-refractivity contribution in [2.24, 2.45) is 0 Å². The first kappa shape index (κ1) is 12.2. The first-order chi connectivity index (χ1) is 9.18. The summed E-state index contributed by atoms with van der Waals surface area (Å²) in [6.45, 7) is 3.82. The number of nitrogens with two attached hydrogens (primary N) is 1. The first-order valence-corrected chi connectivity index (χ1v) is 6.67. The number of hydrogen-bond acceptors (Lipinski definition) is 4. The molecule has 2 heterocycles. The van der Waals surface area contributed by atoms with Gasteiger partial charge < -0.3 is 15.8 Å². The fraction of sp³-hybridized carbons (Fsp3) is 0.400. The predicted molar refractivity (Wildman–Crippen MR) is 78.2 cm³/mol. The Labute approximate surface area is 113 Å². The number of rotatable bonds is 2. The van der Waals surface area contributed by atoms with Gasteiger partial charge in [-0.05, 0) is 25.8 Å². The Morgan fingerprint density at radius 2 is 2.00 bits per heavy atom. The van der Waals surface area contributed by atoms with Crippen molar-refractivity contribution in [2.45, 2.75) is 25.3 Å². The Bertz CT molecular complexity index is 591. The summed E-state index contributed by atoms with van der Waals surface area (Å²) in [7, 11) is 0. The maximum Gasteiger partial charge on any atom is 0.0743 e. The molecule has 1 aliphatic rings. The normalized spacial score (nSPS) is 18.4. The van der Waals surface area contributed by atoms with Gasteiger partial charge in [-0.3, -0.25) is 4.98 Å². The molecule has 4 nitrogen and oxygen atoms in total. The van der Waals surface area contributed by atoms with Gasteiger partial charge in [0.25, 0.3) is 0 Å². The minimum absolute atomic E-state index is 0.0382. The summed E-state index contributed by atoms with van der Waals surface area (Å²) in [5.41, 5.74) is 8.81. The van der Waals surface area contributed by atoms with Crippen LogP contribution in [0, 0.1) is 0 Å². The summed E-state index contributed by atoms with van der Waals surface area (Å²) in [6.07, 6.45) is 3.71. The molecule has 0 amide bonds. The summed E-state index contributed by atoms with van der Waals surface area (Å²) in [5.74, 6) is 0. The molecule has 0 spiro atoms. The number of nitrogens with zero attached hydrogens (tertiary/aromatic N) is 1. The highest BCUT2D eigenvalue weighted by Gasteiger charge is 2.28. The van der Waals surface area contributed by atoms with Crippen LogP contribution in [0.3, 0.4) is 0 Å². The topological polar surface area (TPSA) is 60.2 Å². The van der Waals surface area contributed by atoms with E-state index < -0.39 is 0 Å². The van der Waals surface area contributed by atoms with E-state index in [2.05, 4.69) is 23.3 Å². The van der Waals surface area contributed by atoms with Gasteiger partial charge in [-0.25, -0.2) is 0 Å². The van der Waals surface area contributed by atoms with E-state index >= 15 is 0 Å². The largest absolute Gasteiger partial charge is 0.396 e. The van der Waals surface area contributed by atoms with Crippen LogP contribution in [-0.2, 0) is 4.74 Å². The Balaban J connectivity index is 2.02. The third kappa shape index (κ3) is 2.36. The smallest absolute Gasteiger partial charge is 0.0743 e. The molecule has 0 atom stereocenters. The van der Waals surface area contributed by atoms with Crippen molar-refractivity contribution in [3.8, 4) is 0 Å². The molecule has 1 aromatic heterocycles. The zero-order valence-corrected chi connectivity index (χ0v) is 11.1. The molecular weight excluding hydrogens is 238 g/mol. The Kier molecular flexibility index (Phi) is 3.03. The van der Waals surface area contributed by atoms with Gasteiger partial charge >= 0.3 is 0 Å². The van der Waals surface area contributed by atoms with E-state index in [1.54, 1.807) is 6.20 Å². The van der Waals surface area contributed by atoms with E-state index in [1.807, 2.05) is 18.2 Å². The summed E-state index contributed by atoms with van der Waals surface area (Å²) < 4.78 is 5.44. The third-order valence-electron chi connectivity index (χ3n) is 3.83. The van der Waals surface area contributed by atoms with Crippen LogP contribution in [-0.4, -0.2) is 23.7 Å². The third-order valence-corrected chi connectivity index (χ3v) is 3.83. The lowest BCUT2D eigenvalue weighted by Gasteiger charge is -2.36. The van der Waals surface area contributed by atoms with E-state index in [0.717, 1.165) is 42.6 Å². The lowest BCUT2D eigenvalue weighted by atomic mass is 9.91. The van der Waals surface area contributed by atoms with Crippen molar-refractivity contribution < 1.29 is 4.74 Å². The van der Waals surface area contributed by atoms with E-state index in [1.165, 1.54) is 0 Å². The molecule has 4 heteroatoms. The summed E-state index contributed by atoms with van der Waals surface area (Å²) in [5, 5.41) is 4.70. The number of para-hydroxylation sites is 1. The van der Waals surface area contributed by atoms with Crippen LogP contribution in [0.4, 0.5) is 11.4 Å². The van der Waals surface area contributed by atoms with Crippen LogP contribution in [0.15, 0.2) is 30.5 Å². The molecular formula is C15H19N3O. The molecule has 0 aliphatic carbocycles. The van der Waals surface area contributed by atoms with Gasteiger partial charge in [0.15, 0.2) is 0 Å². The summed E-state index contributed by atoms with van der Waals surface area (Å²) >= 11 is 0. The molecule has 1 saturated heterocycles. The molecule has 19 heavy (non-hydrogen) atoms. The quantitative estimate of drug-likeness (QED) is 0.868. The second-order valence-electron chi connectivity index (χ2n) is 5.40. The van der Waals surface area contributed by atoms with Gasteiger partial charge in [0.05, 0.1) is 23.1 Å². The maximum atomic E-state index is 6.11. The maximum absolute atomic E-state index is 6.11. The molecule has 3 N–H and O–H groups in total. The predicted octanol–water partition coefficient (Wildman–Crippen LogP) is 2.80. The van der Waals surface area contributed by atoms with Gasteiger partial charge in [-0.1, -0.05) is 18.2 Å². The number of fused-ring (bicyclic) bond motifs is 1. The lowest BCUT2D eigenvalue weighted by molar-refractivity contribution is 0.0659. The molecule has 0 bridgehead atoms. The van der Waals surface area contributed by atoms with Crippen molar-refractivity contribution in [2.75, 3.05) is 24.3 Å². The monoisotopic (exact) mass is 257 g/mol. The molecule has 0 saturated carbocycles. The average Bonchev–Trinajstić information content (AvgIpc) is 2.43. The second kappa shape index (κ2) is 4.70. The van der Waals surface area contributed by atoms with Gasteiger partial charge in [-0.2, -0.15) is 0 Å². The zero-order chi connectivity index (χ0) is 13.3. The van der Waals surface area contributed by atoms with E-state index in [9.17, 15) is 0 Å². The Morgan fingerprint density at radius 1 is 1.26 bits per heavy atom. The van der Waals surface area contributed by atoms with Crippen molar-refractivity contribution in [3.63, 3.8) is 0 Å². The number of pyridine rings is 1. The van der Waals surface area contributed by atoms with Crippen LogP contribution in [0.2, 0.25) is 0 Å². The van der Waals surface area contributed by atoms with Crippen molar-refractivity contribution in [1.29, 1.82) is 0 Å². The Hall–Kier alpha value is -1.81. The lowest BCUT2D eigenvalue weighted by Crippen LogP contribution is -2.40. The second-order valence-corrected chi connectivity index (χ2v) is 5.40. The summed E-state index contributed by atoms with van der Waals surface area (Å²) in [4.78, 5) is 4.37. The molecule has 3 rings (SSSR count). The zero-order valence-electron chi connectivity index (χ0n) is 11.1. The fourth-order valence-electron chi connectivity index (χ4n) is 2.54. The Morgan fingerprint density at radius 3 is 2.79 bits per heavy atom. The number of benzene rings is 1. The number of aromatic nitrogens is 1. The molecule has 100 valence electrons. The van der Waals surface area contributed by atoms with Crippen LogP contribution in [0.5, 0.6) is 0 Å². The summed E-state index contributed by atoms with van der Waals surface area (Å²) in [6, 6.07) is 8.07.